The van der Waals surface area contributed by atoms with E-state index in [2.05, 4.69) is 47.4 Å². The van der Waals surface area contributed by atoms with Crippen molar-refractivity contribution >= 4 is 43.5 Å². The monoisotopic (exact) mass is 389 g/mol. The molecule has 0 saturated carbocycles. The maximum atomic E-state index is 12.1. The number of amides is 1. The molecule has 4 nitrogen and oxygen atoms in total. The molecule has 0 aliphatic carbocycles. The third-order valence-corrected chi connectivity index (χ3v) is 4.28. The van der Waals surface area contributed by atoms with Gasteiger partial charge >= 0.3 is 0 Å². The fraction of sp³-hybridized carbons (Fsp3) is 0.462. The average molecular weight is 391 g/mol. The summed E-state index contributed by atoms with van der Waals surface area (Å²) in [5, 5.41) is 6.23. The second-order valence-corrected chi connectivity index (χ2v) is 6.39. The summed E-state index contributed by atoms with van der Waals surface area (Å²) in [4.78, 5) is 14.2. The number of carbonyl (C=O) groups is 1. The van der Waals surface area contributed by atoms with Crippen LogP contribution in [0.3, 0.4) is 0 Å². The molecular weight excluding hydrogens is 374 g/mol. The molecule has 1 aromatic rings. The largest absolute Gasteiger partial charge is 0.323 e. The predicted molar refractivity (Wildman–Crippen MR) is 84.5 cm³/mol. The molecule has 1 aliphatic rings. The van der Waals surface area contributed by atoms with Crippen molar-refractivity contribution in [2.45, 2.75) is 6.92 Å². The minimum absolute atomic E-state index is 0.0205. The van der Waals surface area contributed by atoms with Crippen LogP contribution in [0.5, 0.6) is 0 Å². The van der Waals surface area contributed by atoms with Crippen LogP contribution in [0.2, 0.25) is 0 Å². The van der Waals surface area contributed by atoms with Crippen LogP contribution < -0.4 is 10.6 Å². The number of nitrogens with one attached hydrogen (secondary N) is 2. The van der Waals surface area contributed by atoms with E-state index in [4.69, 9.17) is 0 Å². The Hall–Kier alpha value is -0.430. The Kier molecular flexibility index (Phi) is 5.38. The Morgan fingerprint density at radius 2 is 1.89 bits per heavy atom. The van der Waals surface area contributed by atoms with E-state index >= 15 is 0 Å². The van der Waals surface area contributed by atoms with Gasteiger partial charge in [-0.15, -0.1) is 0 Å². The SMILES string of the molecule is Cc1cc(Br)c(NC(=O)CN2CCNCC2)c(Br)c1. The van der Waals surface area contributed by atoms with E-state index in [1.54, 1.807) is 0 Å². The summed E-state index contributed by atoms with van der Waals surface area (Å²) in [7, 11) is 0. The lowest BCUT2D eigenvalue weighted by Gasteiger charge is -2.26. The van der Waals surface area contributed by atoms with Crippen molar-refractivity contribution in [1.29, 1.82) is 0 Å². The molecule has 0 spiro atoms. The van der Waals surface area contributed by atoms with Gasteiger partial charge in [-0.25, -0.2) is 0 Å². The lowest BCUT2D eigenvalue weighted by molar-refractivity contribution is -0.117. The number of nitrogens with zero attached hydrogens (tertiary/aromatic N) is 1. The molecule has 0 unspecified atom stereocenters. The van der Waals surface area contributed by atoms with Crippen LogP contribution in [0.4, 0.5) is 5.69 Å². The van der Waals surface area contributed by atoms with Crippen molar-refractivity contribution in [3.05, 3.63) is 26.6 Å². The van der Waals surface area contributed by atoms with Gasteiger partial charge in [0.15, 0.2) is 0 Å². The van der Waals surface area contributed by atoms with Crippen LogP contribution in [-0.4, -0.2) is 43.5 Å². The van der Waals surface area contributed by atoms with Crippen LogP contribution in [-0.2, 0) is 4.79 Å². The highest BCUT2D eigenvalue weighted by Crippen LogP contribution is 2.32. The topological polar surface area (TPSA) is 44.4 Å². The number of benzene rings is 1. The first-order chi connectivity index (χ1) is 9.06. The number of rotatable bonds is 3. The van der Waals surface area contributed by atoms with Gasteiger partial charge in [0.05, 0.1) is 12.2 Å². The van der Waals surface area contributed by atoms with Crippen molar-refractivity contribution in [3.63, 3.8) is 0 Å². The summed E-state index contributed by atoms with van der Waals surface area (Å²) < 4.78 is 1.79. The Morgan fingerprint density at radius 1 is 1.32 bits per heavy atom. The van der Waals surface area contributed by atoms with E-state index in [9.17, 15) is 4.79 Å². The van der Waals surface area contributed by atoms with Crippen LogP contribution in [0.25, 0.3) is 0 Å². The second kappa shape index (κ2) is 6.83. The molecule has 1 heterocycles. The van der Waals surface area contributed by atoms with Gasteiger partial charge in [0.2, 0.25) is 5.91 Å². The summed E-state index contributed by atoms with van der Waals surface area (Å²) in [5.41, 5.74) is 1.93. The Balaban J connectivity index is 1.98. The minimum Gasteiger partial charge on any atom is -0.323 e. The highest BCUT2D eigenvalue weighted by molar-refractivity contribution is 9.11. The zero-order valence-electron chi connectivity index (χ0n) is 10.8. The molecule has 1 saturated heterocycles. The summed E-state index contributed by atoms with van der Waals surface area (Å²) in [6.45, 7) is 6.19. The first-order valence-electron chi connectivity index (χ1n) is 6.25. The van der Waals surface area contributed by atoms with E-state index < -0.39 is 0 Å². The van der Waals surface area contributed by atoms with Crippen LogP contribution in [0, 0.1) is 6.92 Å². The van der Waals surface area contributed by atoms with Gasteiger partial charge in [-0.2, -0.15) is 0 Å². The lowest BCUT2D eigenvalue weighted by Crippen LogP contribution is -2.46. The Morgan fingerprint density at radius 3 is 2.47 bits per heavy atom. The first-order valence-corrected chi connectivity index (χ1v) is 7.83. The summed E-state index contributed by atoms with van der Waals surface area (Å²) in [6, 6.07) is 3.98. The molecule has 1 fully saturated rings. The van der Waals surface area contributed by atoms with E-state index in [-0.39, 0.29) is 5.91 Å². The number of hydrogen-bond donors (Lipinski definition) is 2. The second-order valence-electron chi connectivity index (χ2n) is 4.68. The minimum atomic E-state index is 0.0205. The Labute approximate surface area is 130 Å². The van der Waals surface area contributed by atoms with Gasteiger partial charge in [0.25, 0.3) is 0 Å². The number of halogens is 2. The third-order valence-electron chi connectivity index (χ3n) is 3.03. The number of piperazine rings is 1. The maximum absolute atomic E-state index is 12.1. The van der Waals surface area contributed by atoms with Crippen molar-refractivity contribution in [2.24, 2.45) is 0 Å². The lowest BCUT2D eigenvalue weighted by atomic mass is 10.2. The Bertz CT molecular complexity index is 450. The number of carbonyl (C=O) groups excluding carboxylic acids is 1. The predicted octanol–water partition coefficient (Wildman–Crippen LogP) is 2.36. The van der Waals surface area contributed by atoms with Gasteiger partial charge in [-0.05, 0) is 56.5 Å². The molecule has 0 radical (unpaired) electrons. The fourth-order valence-corrected chi connectivity index (χ4v) is 3.68. The standard InChI is InChI=1S/C13H17Br2N3O/c1-9-6-10(14)13(11(15)7-9)17-12(19)8-18-4-2-16-3-5-18/h6-7,16H,2-5,8H2,1H3,(H,17,19). The molecule has 104 valence electrons. The molecule has 19 heavy (non-hydrogen) atoms. The molecule has 2 N–H and O–H groups in total. The summed E-state index contributed by atoms with van der Waals surface area (Å²) in [6.07, 6.45) is 0. The zero-order chi connectivity index (χ0) is 13.8. The molecule has 0 atom stereocenters. The molecule has 1 aliphatic heterocycles. The van der Waals surface area contributed by atoms with E-state index in [0.29, 0.717) is 6.54 Å². The maximum Gasteiger partial charge on any atom is 0.238 e. The van der Waals surface area contributed by atoms with E-state index in [1.165, 1.54) is 0 Å². The molecular formula is C13H17Br2N3O. The first kappa shape index (κ1) is 15.0. The van der Waals surface area contributed by atoms with Gasteiger partial charge in [0.1, 0.15) is 0 Å². The van der Waals surface area contributed by atoms with Crippen molar-refractivity contribution in [1.82, 2.24) is 10.2 Å². The van der Waals surface area contributed by atoms with Gasteiger partial charge in [0, 0.05) is 35.1 Å². The highest BCUT2D eigenvalue weighted by Gasteiger charge is 2.15. The zero-order valence-corrected chi connectivity index (χ0v) is 14.0. The van der Waals surface area contributed by atoms with Crippen molar-refractivity contribution in [2.75, 3.05) is 38.0 Å². The fourth-order valence-electron chi connectivity index (χ4n) is 2.07. The molecule has 1 amide bonds. The summed E-state index contributed by atoms with van der Waals surface area (Å²) >= 11 is 6.97. The molecule has 2 rings (SSSR count). The average Bonchev–Trinajstić information content (AvgIpc) is 2.35. The van der Waals surface area contributed by atoms with Crippen LogP contribution >= 0.6 is 31.9 Å². The van der Waals surface area contributed by atoms with Crippen molar-refractivity contribution in [3.8, 4) is 0 Å². The van der Waals surface area contributed by atoms with Crippen LogP contribution in [0.15, 0.2) is 21.1 Å². The smallest absolute Gasteiger partial charge is 0.238 e. The normalized spacial score (nSPS) is 16.4. The quantitative estimate of drug-likeness (QED) is 0.832. The van der Waals surface area contributed by atoms with E-state index in [1.807, 2.05) is 19.1 Å². The van der Waals surface area contributed by atoms with Crippen molar-refractivity contribution < 1.29 is 4.79 Å². The highest BCUT2D eigenvalue weighted by atomic mass is 79.9. The van der Waals surface area contributed by atoms with Gasteiger partial charge in [-0.1, -0.05) is 0 Å². The third kappa shape index (κ3) is 4.27. The molecule has 1 aromatic carbocycles. The number of anilines is 1. The number of aryl methyl sites for hydroxylation is 1. The van der Waals surface area contributed by atoms with E-state index in [0.717, 1.165) is 46.4 Å². The summed E-state index contributed by atoms with van der Waals surface area (Å²) in [5.74, 6) is 0.0205. The number of hydrogen-bond acceptors (Lipinski definition) is 3. The molecule has 0 aromatic heterocycles. The van der Waals surface area contributed by atoms with Gasteiger partial charge < -0.3 is 10.6 Å². The molecule has 0 bridgehead atoms. The molecule has 6 heteroatoms. The van der Waals surface area contributed by atoms with Crippen LogP contribution in [0.1, 0.15) is 5.56 Å². The van der Waals surface area contributed by atoms with Gasteiger partial charge in [-0.3, -0.25) is 9.69 Å².